The second-order valence-corrected chi connectivity index (χ2v) is 7.70. The summed E-state index contributed by atoms with van der Waals surface area (Å²) in [6.45, 7) is 0. The van der Waals surface area contributed by atoms with Crippen molar-refractivity contribution in [3.8, 4) is 16.9 Å². The Labute approximate surface area is 144 Å². The summed E-state index contributed by atoms with van der Waals surface area (Å²) < 4.78 is 24.8. The monoisotopic (exact) mass is 350 g/mol. The molecular weight excluding hydrogens is 336 g/mol. The van der Waals surface area contributed by atoms with Crippen LogP contribution in [-0.4, -0.2) is 34.4 Å². The van der Waals surface area contributed by atoms with Crippen molar-refractivity contribution in [2.24, 2.45) is 0 Å². The summed E-state index contributed by atoms with van der Waals surface area (Å²) in [4.78, 5) is 9.30. The van der Waals surface area contributed by atoms with E-state index in [2.05, 4.69) is 15.1 Å². The second kappa shape index (κ2) is 5.78. The van der Waals surface area contributed by atoms with Crippen LogP contribution in [0, 0.1) is 0 Å². The van der Waals surface area contributed by atoms with Gasteiger partial charge < -0.3 is 0 Å². The minimum Gasteiger partial charge on any atom is -0.252 e. The van der Waals surface area contributed by atoms with Crippen LogP contribution in [0.25, 0.3) is 28.0 Å². The number of rotatable bonds is 3. The lowest BCUT2D eigenvalue weighted by Crippen LogP contribution is -1.99. The van der Waals surface area contributed by atoms with E-state index in [9.17, 15) is 8.42 Å². The molecule has 2 aromatic carbocycles. The molecule has 4 rings (SSSR count). The quantitative estimate of drug-likeness (QED) is 0.568. The van der Waals surface area contributed by atoms with E-state index in [4.69, 9.17) is 0 Å². The first-order chi connectivity index (χ1) is 12.0. The molecule has 2 heterocycles. The van der Waals surface area contributed by atoms with Gasteiger partial charge >= 0.3 is 0 Å². The molecule has 0 spiro atoms. The Morgan fingerprint density at radius 3 is 2.36 bits per heavy atom. The summed E-state index contributed by atoms with van der Waals surface area (Å²) in [6, 6.07) is 14.3. The molecule has 0 N–H and O–H groups in total. The maximum Gasteiger partial charge on any atom is 0.175 e. The Kier molecular flexibility index (Phi) is 3.58. The van der Waals surface area contributed by atoms with Crippen LogP contribution in [0.2, 0.25) is 0 Å². The predicted octanol–water partition coefficient (Wildman–Crippen LogP) is 2.89. The molecule has 0 fully saturated rings. The number of benzene rings is 2. The standard InChI is InChI=1S/C18H14N4O2S/c1-25(23,24)15-8-6-14(7-9-15)22-12-13(10-20-22)18-11-19-16-4-2-3-5-17(16)21-18/h2-12H,1H3. The number of aromatic nitrogens is 4. The van der Waals surface area contributed by atoms with Crippen LogP contribution in [0.5, 0.6) is 0 Å². The summed E-state index contributed by atoms with van der Waals surface area (Å²) in [5.74, 6) is 0. The third-order valence-corrected chi connectivity index (χ3v) is 4.98. The molecule has 0 aliphatic heterocycles. The third kappa shape index (κ3) is 3.01. The maximum atomic E-state index is 11.5. The van der Waals surface area contributed by atoms with E-state index in [1.165, 1.54) is 6.26 Å². The molecule has 2 aromatic heterocycles. The second-order valence-electron chi connectivity index (χ2n) is 5.68. The van der Waals surface area contributed by atoms with Crippen molar-refractivity contribution in [2.75, 3.05) is 6.26 Å². The number of hydrogen-bond acceptors (Lipinski definition) is 5. The van der Waals surface area contributed by atoms with Crippen molar-refractivity contribution in [1.29, 1.82) is 0 Å². The van der Waals surface area contributed by atoms with E-state index in [1.54, 1.807) is 41.3 Å². The summed E-state index contributed by atoms with van der Waals surface area (Å²) in [5, 5.41) is 4.33. The zero-order valence-electron chi connectivity index (χ0n) is 13.4. The van der Waals surface area contributed by atoms with Gasteiger partial charge in [-0.1, -0.05) is 12.1 Å². The Hall–Kier alpha value is -3.06. The summed E-state index contributed by atoms with van der Waals surface area (Å²) in [6.07, 6.45) is 6.46. The molecule has 0 amide bonds. The highest BCUT2D eigenvalue weighted by Gasteiger charge is 2.09. The zero-order valence-corrected chi connectivity index (χ0v) is 14.2. The van der Waals surface area contributed by atoms with Gasteiger partial charge in [-0.25, -0.2) is 18.1 Å². The highest BCUT2D eigenvalue weighted by molar-refractivity contribution is 7.90. The van der Waals surface area contributed by atoms with Gasteiger partial charge in [0.25, 0.3) is 0 Å². The Morgan fingerprint density at radius 2 is 1.64 bits per heavy atom. The zero-order chi connectivity index (χ0) is 17.4. The minimum atomic E-state index is -3.21. The van der Waals surface area contributed by atoms with E-state index >= 15 is 0 Å². The largest absolute Gasteiger partial charge is 0.252 e. The molecule has 0 bridgehead atoms. The first-order valence-electron chi connectivity index (χ1n) is 7.58. The third-order valence-electron chi connectivity index (χ3n) is 3.86. The smallest absolute Gasteiger partial charge is 0.175 e. The first kappa shape index (κ1) is 15.5. The van der Waals surface area contributed by atoms with Gasteiger partial charge in [-0.15, -0.1) is 0 Å². The lowest BCUT2D eigenvalue weighted by atomic mass is 10.2. The average Bonchev–Trinajstić information content (AvgIpc) is 3.11. The topological polar surface area (TPSA) is 77.7 Å². The van der Waals surface area contributed by atoms with Gasteiger partial charge in [-0.3, -0.25) is 4.98 Å². The fourth-order valence-electron chi connectivity index (χ4n) is 2.54. The van der Waals surface area contributed by atoms with Crippen LogP contribution in [-0.2, 0) is 9.84 Å². The van der Waals surface area contributed by atoms with E-state index in [0.717, 1.165) is 28.0 Å². The van der Waals surface area contributed by atoms with Gasteiger partial charge in [0.15, 0.2) is 9.84 Å². The molecule has 0 atom stereocenters. The molecule has 0 saturated carbocycles. The highest BCUT2D eigenvalue weighted by atomic mass is 32.2. The van der Waals surface area contributed by atoms with E-state index in [0.29, 0.717) is 0 Å². The van der Waals surface area contributed by atoms with Gasteiger partial charge in [-0.2, -0.15) is 5.10 Å². The SMILES string of the molecule is CS(=O)(=O)c1ccc(-n2cc(-c3cnc4ccccc4n3)cn2)cc1. The van der Waals surface area contributed by atoms with Crippen LogP contribution in [0.1, 0.15) is 0 Å². The van der Waals surface area contributed by atoms with Gasteiger partial charge in [0.1, 0.15) is 0 Å². The molecule has 25 heavy (non-hydrogen) atoms. The Morgan fingerprint density at radius 1 is 0.920 bits per heavy atom. The summed E-state index contributed by atoms with van der Waals surface area (Å²) in [7, 11) is -3.21. The van der Waals surface area contributed by atoms with Crippen molar-refractivity contribution in [3.05, 3.63) is 67.1 Å². The van der Waals surface area contributed by atoms with E-state index in [1.807, 2.05) is 30.5 Å². The molecule has 0 radical (unpaired) electrons. The van der Waals surface area contributed by atoms with Crippen LogP contribution >= 0.6 is 0 Å². The molecule has 6 nitrogen and oxygen atoms in total. The van der Waals surface area contributed by atoms with Gasteiger partial charge in [0, 0.05) is 18.0 Å². The van der Waals surface area contributed by atoms with Crippen molar-refractivity contribution in [2.45, 2.75) is 4.90 Å². The number of para-hydroxylation sites is 2. The fourth-order valence-corrected chi connectivity index (χ4v) is 3.17. The Bertz CT molecular complexity index is 1170. The minimum absolute atomic E-state index is 0.282. The highest BCUT2D eigenvalue weighted by Crippen LogP contribution is 2.20. The Balaban J connectivity index is 1.69. The predicted molar refractivity (Wildman–Crippen MR) is 95.2 cm³/mol. The van der Waals surface area contributed by atoms with Crippen molar-refractivity contribution < 1.29 is 8.42 Å². The molecule has 0 saturated heterocycles. The number of nitrogens with zero attached hydrogens (tertiary/aromatic N) is 4. The fraction of sp³-hybridized carbons (Fsp3) is 0.0556. The molecule has 0 aliphatic rings. The normalized spacial score (nSPS) is 11.7. The van der Waals surface area contributed by atoms with Gasteiger partial charge in [0.2, 0.25) is 0 Å². The number of hydrogen-bond donors (Lipinski definition) is 0. The van der Waals surface area contributed by atoms with Gasteiger partial charge in [0.05, 0.1) is 39.7 Å². The first-order valence-corrected chi connectivity index (χ1v) is 9.47. The van der Waals surface area contributed by atoms with E-state index in [-0.39, 0.29) is 4.90 Å². The molecule has 0 aliphatic carbocycles. The van der Waals surface area contributed by atoms with Crippen molar-refractivity contribution >= 4 is 20.9 Å². The van der Waals surface area contributed by atoms with Crippen LogP contribution < -0.4 is 0 Å². The molecule has 0 unspecified atom stereocenters. The van der Waals surface area contributed by atoms with Crippen LogP contribution in [0.15, 0.2) is 72.0 Å². The van der Waals surface area contributed by atoms with E-state index < -0.39 is 9.84 Å². The lowest BCUT2D eigenvalue weighted by molar-refractivity contribution is 0.602. The number of fused-ring (bicyclic) bond motifs is 1. The summed E-state index contributed by atoms with van der Waals surface area (Å²) >= 11 is 0. The summed E-state index contributed by atoms with van der Waals surface area (Å²) in [5.41, 5.74) is 4.01. The lowest BCUT2D eigenvalue weighted by Gasteiger charge is -2.03. The van der Waals surface area contributed by atoms with Crippen LogP contribution in [0.4, 0.5) is 0 Å². The number of sulfone groups is 1. The van der Waals surface area contributed by atoms with Crippen LogP contribution in [0.3, 0.4) is 0 Å². The molecule has 7 heteroatoms. The van der Waals surface area contributed by atoms with Crippen molar-refractivity contribution in [1.82, 2.24) is 19.7 Å². The molecular formula is C18H14N4O2S. The van der Waals surface area contributed by atoms with Crippen molar-refractivity contribution in [3.63, 3.8) is 0 Å². The average molecular weight is 350 g/mol. The maximum absolute atomic E-state index is 11.5. The van der Waals surface area contributed by atoms with Gasteiger partial charge in [-0.05, 0) is 36.4 Å². The molecule has 4 aromatic rings. The molecule has 124 valence electrons.